The number of nitrogens with two attached hydrogens (primary N) is 1. The summed E-state index contributed by atoms with van der Waals surface area (Å²) in [5.74, 6) is -0.157. The molecule has 0 unspecified atom stereocenters. The zero-order valence-corrected chi connectivity index (χ0v) is 13.5. The summed E-state index contributed by atoms with van der Waals surface area (Å²) in [4.78, 5) is 10.6. The normalized spacial score (nSPS) is 11.2. The van der Waals surface area contributed by atoms with Crippen LogP contribution in [0.4, 0.5) is 0 Å². The highest BCUT2D eigenvalue weighted by molar-refractivity contribution is 5.73. The van der Waals surface area contributed by atoms with Gasteiger partial charge in [0.1, 0.15) is 0 Å². The lowest BCUT2D eigenvalue weighted by Crippen LogP contribution is -2.09. The summed E-state index contributed by atoms with van der Waals surface area (Å²) in [5, 5.41) is 0. The lowest BCUT2D eigenvalue weighted by atomic mass is 10.0. The van der Waals surface area contributed by atoms with Gasteiger partial charge in [0, 0.05) is 6.42 Å². The summed E-state index contributed by atoms with van der Waals surface area (Å²) >= 11 is 0. The van der Waals surface area contributed by atoms with Crippen LogP contribution in [0.1, 0.15) is 96.8 Å². The van der Waals surface area contributed by atoms with E-state index in [1.54, 1.807) is 0 Å². The number of primary amides is 1. The molecule has 0 saturated heterocycles. The number of carbonyl (C=O) groups is 1. The first-order valence-corrected chi connectivity index (χ1v) is 8.70. The van der Waals surface area contributed by atoms with E-state index in [9.17, 15) is 4.79 Å². The Hall–Kier alpha value is -0.790. The van der Waals surface area contributed by atoms with Crippen LogP contribution < -0.4 is 5.73 Å². The van der Waals surface area contributed by atoms with Crippen LogP contribution in [0.2, 0.25) is 0 Å². The van der Waals surface area contributed by atoms with Crippen molar-refractivity contribution in [1.82, 2.24) is 0 Å². The fourth-order valence-electron chi connectivity index (χ4n) is 2.44. The van der Waals surface area contributed by atoms with Crippen LogP contribution >= 0.6 is 0 Å². The molecule has 2 N–H and O–H groups in total. The van der Waals surface area contributed by atoms with Crippen LogP contribution in [0, 0.1) is 0 Å². The molecule has 0 aromatic heterocycles. The largest absolute Gasteiger partial charge is 0.370 e. The lowest BCUT2D eigenvalue weighted by molar-refractivity contribution is -0.118. The van der Waals surface area contributed by atoms with Crippen molar-refractivity contribution in [1.29, 1.82) is 0 Å². The molecule has 2 nitrogen and oxygen atoms in total. The predicted octanol–water partition coefficient (Wildman–Crippen LogP) is 5.51. The van der Waals surface area contributed by atoms with Crippen LogP contribution in [0.15, 0.2) is 12.2 Å². The Kier molecular flexibility index (Phi) is 15.6. The van der Waals surface area contributed by atoms with Gasteiger partial charge in [-0.3, -0.25) is 4.79 Å². The van der Waals surface area contributed by atoms with Gasteiger partial charge in [-0.05, 0) is 25.7 Å². The molecule has 0 spiro atoms. The third-order valence-electron chi connectivity index (χ3n) is 3.70. The summed E-state index contributed by atoms with van der Waals surface area (Å²) in [5.41, 5.74) is 5.10. The minimum absolute atomic E-state index is 0.157. The third kappa shape index (κ3) is 17.2. The topological polar surface area (TPSA) is 43.1 Å². The van der Waals surface area contributed by atoms with Crippen LogP contribution in [0.3, 0.4) is 0 Å². The fourth-order valence-corrected chi connectivity index (χ4v) is 2.44. The number of carbonyl (C=O) groups excluding carboxylic acids is 1. The average Bonchev–Trinajstić information content (AvgIpc) is 2.43. The highest BCUT2D eigenvalue weighted by Gasteiger charge is 1.95. The molecule has 0 atom stereocenters. The van der Waals surface area contributed by atoms with E-state index in [0.717, 1.165) is 12.8 Å². The van der Waals surface area contributed by atoms with E-state index in [0.29, 0.717) is 6.42 Å². The van der Waals surface area contributed by atoms with Crippen molar-refractivity contribution < 1.29 is 4.79 Å². The van der Waals surface area contributed by atoms with Gasteiger partial charge in [0.25, 0.3) is 0 Å². The smallest absolute Gasteiger partial charge is 0.217 e. The molecule has 0 aromatic rings. The summed E-state index contributed by atoms with van der Waals surface area (Å²) in [6, 6.07) is 0. The Bertz CT molecular complexity index is 236. The number of allylic oxidation sites excluding steroid dienone is 2. The summed E-state index contributed by atoms with van der Waals surface area (Å²) in [7, 11) is 0. The number of amides is 1. The number of hydrogen-bond acceptors (Lipinski definition) is 1. The van der Waals surface area contributed by atoms with Crippen LogP contribution in [-0.2, 0) is 4.79 Å². The van der Waals surface area contributed by atoms with Crippen molar-refractivity contribution in [2.24, 2.45) is 5.73 Å². The first-order chi connectivity index (χ1) is 9.77. The van der Waals surface area contributed by atoms with Gasteiger partial charge in [-0.1, -0.05) is 76.9 Å². The molecule has 0 aliphatic rings. The Morgan fingerprint density at radius 3 is 1.65 bits per heavy atom. The van der Waals surface area contributed by atoms with Gasteiger partial charge in [-0.2, -0.15) is 0 Å². The van der Waals surface area contributed by atoms with Crippen molar-refractivity contribution in [3.63, 3.8) is 0 Å². The quantitative estimate of drug-likeness (QED) is 0.312. The summed E-state index contributed by atoms with van der Waals surface area (Å²) in [6.45, 7) is 2.19. The van der Waals surface area contributed by atoms with Crippen molar-refractivity contribution in [3.8, 4) is 0 Å². The Labute approximate surface area is 126 Å². The lowest BCUT2D eigenvalue weighted by Gasteiger charge is -2.02. The van der Waals surface area contributed by atoms with Gasteiger partial charge < -0.3 is 5.73 Å². The molecule has 20 heavy (non-hydrogen) atoms. The number of unbranched alkanes of at least 4 members (excludes halogenated alkanes) is 11. The molecule has 0 aromatic carbocycles. The van der Waals surface area contributed by atoms with E-state index >= 15 is 0 Å². The second-order valence-corrected chi connectivity index (χ2v) is 5.77. The summed E-state index contributed by atoms with van der Waals surface area (Å²) < 4.78 is 0. The minimum Gasteiger partial charge on any atom is -0.370 e. The first kappa shape index (κ1) is 19.2. The molecule has 0 radical (unpaired) electrons. The molecule has 0 saturated carbocycles. The second-order valence-electron chi connectivity index (χ2n) is 5.77. The van der Waals surface area contributed by atoms with E-state index in [4.69, 9.17) is 5.73 Å². The molecule has 0 fully saturated rings. The fraction of sp³-hybridized carbons (Fsp3) is 0.833. The predicted molar refractivity (Wildman–Crippen MR) is 88.6 cm³/mol. The highest BCUT2D eigenvalue weighted by Crippen LogP contribution is 2.12. The molecule has 0 rings (SSSR count). The summed E-state index contributed by atoms with van der Waals surface area (Å²) in [6.07, 6.45) is 22.0. The van der Waals surface area contributed by atoms with Gasteiger partial charge in [0.05, 0.1) is 0 Å². The molecule has 0 bridgehead atoms. The SMILES string of the molecule is CCC=CCCCCCCCCCCCCCC(N)=O. The monoisotopic (exact) mass is 281 g/mol. The molecule has 1 amide bonds. The highest BCUT2D eigenvalue weighted by atomic mass is 16.1. The van der Waals surface area contributed by atoms with E-state index in [1.807, 2.05) is 0 Å². The van der Waals surface area contributed by atoms with E-state index < -0.39 is 0 Å². The van der Waals surface area contributed by atoms with Gasteiger partial charge in [0.15, 0.2) is 0 Å². The van der Waals surface area contributed by atoms with Crippen molar-refractivity contribution in [2.45, 2.75) is 96.8 Å². The third-order valence-corrected chi connectivity index (χ3v) is 3.70. The maximum Gasteiger partial charge on any atom is 0.217 e. The standard InChI is InChI=1S/C18H35NO/c1-2-3-4-5-6-7-8-9-10-11-12-13-14-15-16-17-18(19)20/h3-4H,2,5-17H2,1H3,(H2,19,20). The molecular weight excluding hydrogens is 246 g/mol. The number of hydrogen-bond donors (Lipinski definition) is 1. The van der Waals surface area contributed by atoms with Crippen molar-refractivity contribution in [3.05, 3.63) is 12.2 Å². The van der Waals surface area contributed by atoms with Crippen molar-refractivity contribution >= 4 is 5.91 Å². The van der Waals surface area contributed by atoms with Crippen LogP contribution in [0.25, 0.3) is 0 Å². The zero-order chi connectivity index (χ0) is 14.9. The zero-order valence-electron chi connectivity index (χ0n) is 13.5. The minimum atomic E-state index is -0.157. The van der Waals surface area contributed by atoms with E-state index in [1.165, 1.54) is 70.6 Å². The van der Waals surface area contributed by atoms with Crippen LogP contribution in [-0.4, -0.2) is 5.91 Å². The Morgan fingerprint density at radius 2 is 1.20 bits per heavy atom. The molecule has 0 heterocycles. The Morgan fingerprint density at radius 1 is 0.750 bits per heavy atom. The maximum absolute atomic E-state index is 10.6. The van der Waals surface area contributed by atoms with Gasteiger partial charge in [-0.25, -0.2) is 0 Å². The molecular formula is C18H35NO. The van der Waals surface area contributed by atoms with E-state index in [-0.39, 0.29) is 5.91 Å². The molecule has 0 aliphatic carbocycles. The van der Waals surface area contributed by atoms with Gasteiger partial charge in [0.2, 0.25) is 5.91 Å². The van der Waals surface area contributed by atoms with Gasteiger partial charge >= 0.3 is 0 Å². The first-order valence-electron chi connectivity index (χ1n) is 8.70. The maximum atomic E-state index is 10.6. The number of rotatable bonds is 15. The Balaban J connectivity index is 2.99. The molecule has 0 aliphatic heterocycles. The molecule has 2 heteroatoms. The van der Waals surface area contributed by atoms with E-state index in [2.05, 4.69) is 19.1 Å². The molecule has 118 valence electrons. The second kappa shape index (κ2) is 16.3. The van der Waals surface area contributed by atoms with Crippen LogP contribution in [0.5, 0.6) is 0 Å². The van der Waals surface area contributed by atoms with Gasteiger partial charge in [-0.15, -0.1) is 0 Å². The average molecular weight is 281 g/mol. The van der Waals surface area contributed by atoms with Crippen molar-refractivity contribution in [2.75, 3.05) is 0 Å².